The van der Waals surface area contributed by atoms with Crippen molar-refractivity contribution in [1.29, 1.82) is 0 Å². The minimum Gasteiger partial charge on any atom is -0.497 e. The predicted octanol–water partition coefficient (Wildman–Crippen LogP) is 3.82. The first-order chi connectivity index (χ1) is 11.2. The van der Waals surface area contributed by atoms with Crippen molar-refractivity contribution in [3.63, 3.8) is 0 Å². The molecule has 1 aliphatic carbocycles. The van der Waals surface area contributed by atoms with E-state index in [0.29, 0.717) is 18.7 Å². The quantitative estimate of drug-likeness (QED) is 0.912. The summed E-state index contributed by atoms with van der Waals surface area (Å²) in [6.07, 6.45) is 3.60. The van der Waals surface area contributed by atoms with Gasteiger partial charge in [0.1, 0.15) is 11.3 Å². The van der Waals surface area contributed by atoms with E-state index in [1.165, 1.54) is 0 Å². The van der Waals surface area contributed by atoms with Gasteiger partial charge in [0.2, 0.25) is 0 Å². The molecule has 23 heavy (non-hydrogen) atoms. The van der Waals surface area contributed by atoms with Gasteiger partial charge < -0.3 is 4.74 Å². The Morgan fingerprint density at radius 2 is 1.78 bits per heavy atom. The molecule has 1 unspecified atom stereocenters. The second-order valence-corrected chi connectivity index (χ2v) is 6.10. The number of rotatable bonds is 5. The number of Topliss-reactive ketones (excluding diaryl/α,β-unsaturated/α-hetero) is 1. The fourth-order valence-corrected chi connectivity index (χ4v) is 3.34. The average Bonchev–Trinajstić information content (AvgIpc) is 2.62. The van der Waals surface area contributed by atoms with Gasteiger partial charge in [0.05, 0.1) is 7.11 Å². The molecule has 1 fully saturated rings. The van der Waals surface area contributed by atoms with Crippen LogP contribution in [0.4, 0.5) is 0 Å². The summed E-state index contributed by atoms with van der Waals surface area (Å²) in [4.78, 5) is 12.8. The molecule has 0 heterocycles. The molecular formula is C20H23NO2. The highest BCUT2D eigenvalue weighted by molar-refractivity contribution is 5.90. The van der Waals surface area contributed by atoms with E-state index in [9.17, 15) is 4.79 Å². The van der Waals surface area contributed by atoms with Crippen LogP contribution in [-0.4, -0.2) is 12.9 Å². The van der Waals surface area contributed by atoms with Crippen molar-refractivity contribution in [3.05, 3.63) is 65.7 Å². The monoisotopic (exact) mass is 309 g/mol. The molecule has 1 atom stereocenters. The zero-order valence-electron chi connectivity index (χ0n) is 13.5. The number of ketones is 1. The number of hydrogen-bond acceptors (Lipinski definition) is 3. The Kier molecular flexibility index (Phi) is 4.77. The van der Waals surface area contributed by atoms with E-state index in [2.05, 4.69) is 17.4 Å². The Hall–Kier alpha value is -2.13. The van der Waals surface area contributed by atoms with Gasteiger partial charge in [0, 0.05) is 13.0 Å². The van der Waals surface area contributed by atoms with Gasteiger partial charge in [-0.1, -0.05) is 48.9 Å². The highest BCUT2D eigenvalue weighted by Gasteiger charge is 2.40. The molecule has 1 N–H and O–H groups in total. The Morgan fingerprint density at radius 1 is 1.04 bits per heavy atom. The smallest absolute Gasteiger partial charge is 0.157 e. The number of benzene rings is 2. The Balaban J connectivity index is 1.83. The molecule has 1 saturated carbocycles. The summed E-state index contributed by atoms with van der Waals surface area (Å²) >= 11 is 0. The van der Waals surface area contributed by atoms with Crippen molar-refractivity contribution in [2.24, 2.45) is 0 Å². The van der Waals surface area contributed by atoms with E-state index in [0.717, 1.165) is 36.1 Å². The summed E-state index contributed by atoms with van der Waals surface area (Å²) < 4.78 is 5.20. The van der Waals surface area contributed by atoms with Crippen LogP contribution in [0.25, 0.3) is 0 Å². The molecule has 2 aromatic carbocycles. The van der Waals surface area contributed by atoms with E-state index in [-0.39, 0.29) is 0 Å². The molecule has 0 amide bonds. The molecular weight excluding hydrogens is 286 g/mol. The minimum absolute atomic E-state index is 0.309. The lowest BCUT2D eigenvalue weighted by molar-refractivity contribution is -0.128. The van der Waals surface area contributed by atoms with Gasteiger partial charge in [-0.3, -0.25) is 10.1 Å². The second kappa shape index (κ2) is 6.97. The van der Waals surface area contributed by atoms with Crippen LogP contribution in [0.2, 0.25) is 0 Å². The lowest BCUT2D eigenvalue weighted by atomic mass is 9.75. The molecule has 1 aliphatic rings. The summed E-state index contributed by atoms with van der Waals surface area (Å²) in [5.74, 6) is 1.16. The number of hydrogen-bond donors (Lipinski definition) is 1. The van der Waals surface area contributed by atoms with E-state index >= 15 is 0 Å². The predicted molar refractivity (Wildman–Crippen MR) is 91.4 cm³/mol. The van der Waals surface area contributed by atoms with Crippen LogP contribution in [0.3, 0.4) is 0 Å². The van der Waals surface area contributed by atoms with Crippen LogP contribution in [0.15, 0.2) is 54.6 Å². The summed E-state index contributed by atoms with van der Waals surface area (Å²) in [7, 11) is 1.67. The van der Waals surface area contributed by atoms with E-state index < -0.39 is 5.54 Å². The third kappa shape index (κ3) is 3.30. The first-order valence-electron chi connectivity index (χ1n) is 8.21. The summed E-state index contributed by atoms with van der Waals surface area (Å²) in [6, 6.07) is 18.1. The number of carbonyl (C=O) groups excluding carboxylic acids is 1. The van der Waals surface area contributed by atoms with Crippen molar-refractivity contribution in [3.8, 4) is 5.75 Å². The summed E-state index contributed by atoms with van der Waals surface area (Å²) in [5.41, 5.74) is 1.69. The molecule has 3 nitrogen and oxygen atoms in total. The van der Waals surface area contributed by atoms with Gasteiger partial charge in [-0.15, -0.1) is 0 Å². The van der Waals surface area contributed by atoms with Crippen LogP contribution in [0.1, 0.15) is 36.8 Å². The summed E-state index contributed by atoms with van der Waals surface area (Å²) in [6.45, 7) is 0.671. The topological polar surface area (TPSA) is 38.3 Å². The highest BCUT2D eigenvalue weighted by Crippen LogP contribution is 2.34. The van der Waals surface area contributed by atoms with Crippen molar-refractivity contribution in [2.45, 2.75) is 37.8 Å². The van der Waals surface area contributed by atoms with Crippen LogP contribution < -0.4 is 10.1 Å². The van der Waals surface area contributed by atoms with Crippen LogP contribution in [0, 0.1) is 0 Å². The molecule has 0 spiro atoms. The molecule has 3 heteroatoms. The van der Waals surface area contributed by atoms with Gasteiger partial charge in [-0.05, 0) is 36.1 Å². The zero-order valence-corrected chi connectivity index (χ0v) is 13.5. The molecule has 0 radical (unpaired) electrons. The van der Waals surface area contributed by atoms with Gasteiger partial charge in [-0.2, -0.15) is 0 Å². The normalized spacial score (nSPS) is 21.2. The molecule has 0 aliphatic heterocycles. The maximum Gasteiger partial charge on any atom is 0.157 e. The fraction of sp³-hybridized carbons (Fsp3) is 0.350. The summed E-state index contributed by atoms with van der Waals surface area (Å²) in [5, 5.41) is 3.56. The molecule has 0 bridgehead atoms. The highest BCUT2D eigenvalue weighted by atomic mass is 16.5. The Bertz CT molecular complexity index is 651. The molecule has 3 rings (SSSR count). The molecule has 2 aromatic rings. The number of ether oxygens (including phenoxy) is 1. The molecule has 0 saturated heterocycles. The van der Waals surface area contributed by atoms with Gasteiger partial charge in [0.25, 0.3) is 0 Å². The van der Waals surface area contributed by atoms with E-state index in [4.69, 9.17) is 4.74 Å². The lowest BCUT2D eigenvalue weighted by Gasteiger charge is -2.37. The Morgan fingerprint density at radius 3 is 2.43 bits per heavy atom. The third-order valence-electron chi connectivity index (χ3n) is 4.70. The zero-order chi connectivity index (χ0) is 16.1. The van der Waals surface area contributed by atoms with Gasteiger partial charge in [-0.25, -0.2) is 0 Å². The van der Waals surface area contributed by atoms with Gasteiger partial charge >= 0.3 is 0 Å². The van der Waals surface area contributed by atoms with Gasteiger partial charge in [0.15, 0.2) is 5.78 Å². The lowest BCUT2D eigenvalue weighted by Crippen LogP contribution is -2.50. The van der Waals surface area contributed by atoms with Crippen LogP contribution in [-0.2, 0) is 16.9 Å². The minimum atomic E-state index is -0.542. The van der Waals surface area contributed by atoms with Crippen molar-refractivity contribution in [2.75, 3.05) is 7.11 Å². The largest absolute Gasteiger partial charge is 0.497 e. The van der Waals surface area contributed by atoms with Crippen molar-refractivity contribution >= 4 is 5.78 Å². The maximum absolute atomic E-state index is 12.8. The standard InChI is InChI=1S/C20H23NO2/c1-23-18-12-10-16(11-13-18)15-21-20(14-6-5-9-19(20)22)17-7-3-2-4-8-17/h2-4,7-8,10-13,21H,5-6,9,14-15H2,1H3. The average molecular weight is 309 g/mol. The molecule has 0 aromatic heterocycles. The maximum atomic E-state index is 12.8. The van der Waals surface area contributed by atoms with E-state index in [1.807, 2.05) is 42.5 Å². The number of methoxy groups -OCH3 is 1. The number of nitrogens with one attached hydrogen (secondary N) is 1. The van der Waals surface area contributed by atoms with E-state index in [1.54, 1.807) is 7.11 Å². The van der Waals surface area contributed by atoms with Crippen molar-refractivity contribution < 1.29 is 9.53 Å². The SMILES string of the molecule is COc1ccc(CNC2(c3ccccc3)CCCCC2=O)cc1. The number of carbonyl (C=O) groups is 1. The first-order valence-corrected chi connectivity index (χ1v) is 8.21. The van der Waals surface area contributed by atoms with Crippen LogP contribution in [0.5, 0.6) is 5.75 Å². The first kappa shape index (κ1) is 15.8. The fourth-order valence-electron chi connectivity index (χ4n) is 3.34. The second-order valence-electron chi connectivity index (χ2n) is 6.10. The van der Waals surface area contributed by atoms with Crippen molar-refractivity contribution in [1.82, 2.24) is 5.32 Å². The Labute approximate surface area is 137 Å². The van der Waals surface area contributed by atoms with Crippen LogP contribution >= 0.6 is 0 Å². The molecule has 120 valence electrons. The third-order valence-corrected chi connectivity index (χ3v) is 4.70.